The Hall–Kier alpha value is -4.65. The molecule has 4 aromatic carbocycles. The number of unbranched alkanes of at least 4 members (excludes halogenated alkanes) is 4. The van der Waals surface area contributed by atoms with Gasteiger partial charge in [0.1, 0.15) is 31.3 Å². The average molecular weight is 635 g/mol. The number of esters is 1. The van der Waals surface area contributed by atoms with E-state index in [9.17, 15) is 9.90 Å². The number of rotatable bonds is 19. The maximum Gasteiger partial charge on any atom is 0.335 e. The van der Waals surface area contributed by atoms with Crippen molar-refractivity contribution in [1.29, 1.82) is 0 Å². The van der Waals surface area contributed by atoms with Crippen LogP contribution in [0.4, 0.5) is 0 Å². The highest BCUT2D eigenvalue weighted by Crippen LogP contribution is 2.32. The predicted molar refractivity (Wildman–Crippen MR) is 189 cm³/mol. The molecule has 246 valence electrons. The molecule has 0 saturated carbocycles. The van der Waals surface area contributed by atoms with Crippen LogP contribution in [0.2, 0.25) is 0 Å². The molecule has 0 aliphatic heterocycles. The summed E-state index contributed by atoms with van der Waals surface area (Å²) < 4.78 is 16.8. The van der Waals surface area contributed by atoms with Crippen LogP contribution in [0, 0.1) is 0 Å². The normalized spacial score (nSPS) is 10.8. The van der Waals surface area contributed by atoms with Gasteiger partial charge in [-0.1, -0.05) is 112 Å². The first-order valence-electron chi connectivity index (χ1n) is 16.3. The van der Waals surface area contributed by atoms with E-state index in [1.165, 1.54) is 42.4 Å². The molecule has 4 aromatic rings. The summed E-state index contributed by atoms with van der Waals surface area (Å²) in [5, 5.41) is 18.3. The van der Waals surface area contributed by atoms with Crippen LogP contribution in [0.15, 0.2) is 110 Å². The molecule has 0 spiro atoms. The number of carbonyl (C=O) groups excluding carboxylic acids is 1. The first-order chi connectivity index (χ1) is 22.9. The van der Waals surface area contributed by atoms with Crippen molar-refractivity contribution >= 4 is 11.5 Å². The minimum Gasteiger partial charge on any atom is -0.490 e. The number of aryl methyl sites for hydroxylation is 1. The zero-order chi connectivity index (χ0) is 33.4. The second-order valence-electron chi connectivity index (χ2n) is 11.6. The van der Waals surface area contributed by atoms with Gasteiger partial charge in [-0.2, -0.15) is 0 Å². The van der Waals surface area contributed by atoms with Gasteiger partial charge in [-0.05, 0) is 81.6 Å². The van der Waals surface area contributed by atoms with E-state index in [1.54, 1.807) is 0 Å². The minimum absolute atomic E-state index is 0.0220. The van der Waals surface area contributed by atoms with Crippen LogP contribution in [-0.4, -0.2) is 42.6 Å². The van der Waals surface area contributed by atoms with E-state index >= 15 is 0 Å². The molecule has 6 nitrogen and oxygen atoms in total. The Balaban J connectivity index is 1.42. The minimum atomic E-state index is -0.619. The van der Waals surface area contributed by atoms with Crippen molar-refractivity contribution in [3.63, 3.8) is 0 Å². The van der Waals surface area contributed by atoms with Gasteiger partial charge >= 0.3 is 5.97 Å². The maximum absolute atomic E-state index is 11.6. The smallest absolute Gasteiger partial charge is 0.335 e. The standard InChI is InChI=1S/C41H46O6/c1-4-5-6-7-8-9-37-26-36(34-14-19-39(20-15-34)47-29-32-10-12-33(13-11-32)30(2)27-42)18-23-40(37)35-16-21-38(22-17-35)45-24-25-46-41(44)31(3)28-43/h10-23,26,42-43H,2-9,24-25,27-29H2,1H3. The summed E-state index contributed by atoms with van der Waals surface area (Å²) in [5.74, 6) is 0.878. The summed E-state index contributed by atoms with van der Waals surface area (Å²) in [4.78, 5) is 11.6. The molecule has 0 amide bonds. The highest BCUT2D eigenvalue weighted by molar-refractivity contribution is 5.87. The molecule has 47 heavy (non-hydrogen) atoms. The Kier molecular flexibility index (Phi) is 13.8. The van der Waals surface area contributed by atoms with Crippen molar-refractivity contribution in [2.75, 3.05) is 26.4 Å². The SMILES string of the molecule is C=C(CO)C(=O)OCCOc1ccc(-c2ccc(-c3ccc(OCc4ccc(C(=C)CO)cc4)cc3)cc2CCCCCCC)cc1. The van der Waals surface area contributed by atoms with Crippen molar-refractivity contribution in [1.82, 2.24) is 0 Å². The quantitative estimate of drug-likeness (QED) is 0.0611. The van der Waals surface area contributed by atoms with E-state index in [4.69, 9.17) is 19.3 Å². The predicted octanol–water partition coefficient (Wildman–Crippen LogP) is 8.59. The zero-order valence-electron chi connectivity index (χ0n) is 27.4. The third kappa shape index (κ3) is 10.7. The Labute approximate surface area is 279 Å². The topological polar surface area (TPSA) is 85.2 Å². The van der Waals surface area contributed by atoms with Gasteiger partial charge in [-0.3, -0.25) is 0 Å². The van der Waals surface area contributed by atoms with E-state index in [-0.39, 0.29) is 25.4 Å². The summed E-state index contributed by atoms with van der Waals surface area (Å²) >= 11 is 0. The summed E-state index contributed by atoms with van der Waals surface area (Å²) in [6, 6.07) is 30.8. The van der Waals surface area contributed by atoms with Gasteiger partial charge in [0.25, 0.3) is 0 Å². The monoisotopic (exact) mass is 634 g/mol. The van der Waals surface area contributed by atoms with Crippen LogP contribution in [0.5, 0.6) is 11.5 Å². The molecule has 0 fully saturated rings. The molecule has 0 bridgehead atoms. The Bertz CT molecular complexity index is 1590. The van der Waals surface area contributed by atoms with Crippen molar-refractivity contribution in [3.05, 3.63) is 126 Å². The van der Waals surface area contributed by atoms with Crippen molar-refractivity contribution < 1.29 is 29.2 Å². The van der Waals surface area contributed by atoms with Gasteiger partial charge in [0.15, 0.2) is 0 Å². The fourth-order valence-electron chi connectivity index (χ4n) is 5.21. The number of hydrogen-bond acceptors (Lipinski definition) is 6. The third-order valence-electron chi connectivity index (χ3n) is 8.03. The fourth-order valence-corrected chi connectivity index (χ4v) is 5.21. The largest absolute Gasteiger partial charge is 0.490 e. The van der Waals surface area contributed by atoms with E-state index < -0.39 is 12.6 Å². The Morgan fingerprint density at radius 3 is 1.98 bits per heavy atom. The summed E-state index contributed by atoms with van der Waals surface area (Å²) in [7, 11) is 0. The Morgan fingerprint density at radius 1 is 0.681 bits per heavy atom. The van der Waals surface area contributed by atoms with E-state index in [1.807, 2.05) is 48.5 Å². The van der Waals surface area contributed by atoms with Crippen LogP contribution < -0.4 is 9.47 Å². The summed E-state index contributed by atoms with van der Waals surface area (Å²) in [5.41, 5.74) is 8.65. The van der Waals surface area contributed by atoms with Gasteiger partial charge in [0, 0.05) is 0 Å². The lowest BCUT2D eigenvalue weighted by atomic mass is 9.92. The van der Waals surface area contributed by atoms with Gasteiger partial charge in [0.2, 0.25) is 0 Å². The second kappa shape index (κ2) is 18.5. The molecule has 0 aliphatic rings. The molecule has 6 heteroatoms. The number of benzene rings is 4. The first-order valence-corrected chi connectivity index (χ1v) is 16.3. The first kappa shape index (κ1) is 35.2. The van der Waals surface area contributed by atoms with E-state index in [0.717, 1.165) is 40.8 Å². The zero-order valence-corrected chi connectivity index (χ0v) is 27.4. The molecule has 0 aliphatic carbocycles. The molecular formula is C41H46O6. The van der Waals surface area contributed by atoms with Crippen LogP contribution >= 0.6 is 0 Å². The highest BCUT2D eigenvalue weighted by Gasteiger charge is 2.10. The Morgan fingerprint density at radius 2 is 1.32 bits per heavy atom. The van der Waals surface area contributed by atoms with Gasteiger partial charge in [-0.15, -0.1) is 0 Å². The number of aliphatic hydroxyl groups excluding tert-OH is 2. The molecule has 0 atom stereocenters. The van der Waals surface area contributed by atoms with E-state index in [2.05, 4.69) is 62.5 Å². The second-order valence-corrected chi connectivity index (χ2v) is 11.6. The summed E-state index contributed by atoms with van der Waals surface area (Å²) in [6.07, 6.45) is 7.10. The molecule has 0 radical (unpaired) electrons. The lowest BCUT2D eigenvalue weighted by molar-refractivity contribution is -0.140. The number of carbonyl (C=O) groups is 1. The maximum atomic E-state index is 11.6. The third-order valence-corrected chi connectivity index (χ3v) is 8.03. The molecule has 0 unspecified atom stereocenters. The van der Waals surface area contributed by atoms with Crippen molar-refractivity contribution in [2.45, 2.75) is 52.1 Å². The fraction of sp³-hybridized carbons (Fsp3) is 0.293. The van der Waals surface area contributed by atoms with Crippen LogP contribution in [0.25, 0.3) is 27.8 Å². The molecule has 2 N–H and O–H groups in total. The van der Waals surface area contributed by atoms with Crippen molar-refractivity contribution in [2.24, 2.45) is 0 Å². The van der Waals surface area contributed by atoms with Gasteiger partial charge < -0.3 is 24.4 Å². The number of hydrogen-bond donors (Lipinski definition) is 2. The molecule has 0 aromatic heterocycles. The highest BCUT2D eigenvalue weighted by atomic mass is 16.6. The lowest BCUT2D eigenvalue weighted by Crippen LogP contribution is -2.14. The van der Waals surface area contributed by atoms with Crippen molar-refractivity contribution in [3.8, 4) is 33.8 Å². The van der Waals surface area contributed by atoms with Crippen LogP contribution in [0.1, 0.15) is 55.7 Å². The number of ether oxygens (including phenoxy) is 3. The van der Waals surface area contributed by atoms with Crippen LogP contribution in [0.3, 0.4) is 0 Å². The van der Waals surface area contributed by atoms with E-state index in [0.29, 0.717) is 17.9 Å². The van der Waals surface area contributed by atoms with Crippen LogP contribution in [-0.2, 0) is 22.6 Å². The average Bonchev–Trinajstić information content (AvgIpc) is 3.12. The molecule has 0 heterocycles. The molecular weight excluding hydrogens is 588 g/mol. The number of aliphatic hydroxyl groups is 2. The summed E-state index contributed by atoms with van der Waals surface area (Å²) in [6.45, 7) is 9.83. The van der Waals surface area contributed by atoms with Gasteiger partial charge in [0.05, 0.1) is 18.8 Å². The lowest BCUT2D eigenvalue weighted by Gasteiger charge is -2.14. The molecule has 4 rings (SSSR count). The van der Waals surface area contributed by atoms with Gasteiger partial charge in [-0.25, -0.2) is 4.79 Å². The molecule has 0 saturated heterocycles.